The zero-order valence-corrected chi connectivity index (χ0v) is 10.9. The molecule has 0 saturated carbocycles. The number of benzene rings is 1. The lowest BCUT2D eigenvalue weighted by Crippen LogP contribution is -2.37. The van der Waals surface area contributed by atoms with E-state index in [9.17, 15) is 9.59 Å². The molecule has 18 heavy (non-hydrogen) atoms. The molecule has 0 aliphatic rings. The summed E-state index contributed by atoms with van der Waals surface area (Å²) in [7, 11) is 1.56. The molecule has 0 radical (unpaired) electrons. The van der Waals surface area contributed by atoms with E-state index in [-0.39, 0.29) is 0 Å². The van der Waals surface area contributed by atoms with Crippen LogP contribution in [0.2, 0.25) is 0 Å². The summed E-state index contributed by atoms with van der Waals surface area (Å²) < 4.78 is 5.10. The second-order valence-corrected chi connectivity index (χ2v) is 4.57. The molecule has 0 spiro atoms. The molecular formula is C13H17NO4. The Labute approximate surface area is 106 Å². The van der Waals surface area contributed by atoms with Crippen molar-refractivity contribution in [3.05, 3.63) is 23.8 Å². The van der Waals surface area contributed by atoms with Crippen LogP contribution in [0.4, 0.5) is 5.69 Å². The van der Waals surface area contributed by atoms with Crippen LogP contribution < -0.4 is 10.1 Å². The van der Waals surface area contributed by atoms with Gasteiger partial charge in [-0.2, -0.15) is 0 Å². The number of amides is 1. The highest BCUT2D eigenvalue weighted by Crippen LogP contribution is 2.23. The van der Waals surface area contributed by atoms with Crippen molar-refractivity contribution < 1.29 is 19.4 Å². The number of anilines is 1. The Kier molecular flexibility index (Phi) is 3.96. The van der Waals surface area contributed by atoms with Gasteiger partial charge in [-0.3, -0.25) is 9.59 Å². The lowest BCUT2D eigenvalue weighted by Gasteiger charge is -2.18. The summed E-state index contributed by atoms with van der Waals surface area (Å²) in [5.41, 5.74) is -0.0514. The fourth-order valence-corrected chi connectivity index (χ4v) is 1.34. The van der Waals surface area contributed by atoms with E-state index in [1.54, 1.807) is 25.3 Å². The number of carbonyl (C=O) groups is 2. The van der Waals surface area contributed by atoms with Crippen molar-refractivity contribution >= 4 is 17.6 Å². The van der Waals surface area contributed by atoms with Gasteiger partial charge in [0.1, 0.15) is 11.2 Å². The van der Waals surface area contributed by atoms with Gasteiger partial charge in [0.25, 0.3) is 0 Å². The average Bonchev–Trinajstić information content (AvgIpc) is 2.28. The van der Waals surface area contributed by atoms with Crippen molar-refractivity contribution in [1.82, 2.24) is 0 Å². The molecule has 0 aliphatic carbocycles. The van der Waals surface area contributed by atoms with Gasteiger partial charge in [-0.15, -0.1) is 0 Å². The van der Waals surface area contributed by atoms with E-state index in [1.165, 1.54) is 13.8 Å². The van der Waals surface area contributed by atoms with E-state index in [0.717, 1.165) is 5.56 Å². The Morgan fingerprint density at radius 2 is 1.94 bits per heavy atom. The quantitative estimate of drug-likeness (QED) is 0.803. The summed E-state index contributed by atoms with van der Waals surface area (Å²) in [6.45, 7) is 4.57. The number of methoxy groups -OCH3 is 1. The molecule has 0 bridgehead atoms. The van der Waals surface area contributed by atoms with Crippen LogP contribution in [0.3, 0.4) is 0 Å². The number of aryl methyl sites for hydroxylation is 1. The third-order valence-corrected chi connectivity index (χ3v) is 2.76. The Bertz CT molecular complexity index is 480. The second-order valence-electron chi connectivity index (χ2n) is 4.57. The number of aliphatic carboxylic acids is 1. The van der Waals surface area contributed by atoms with Gasteiger partial charge < -0.3 is 15.2 Å². The van der Waals surface area contributed by atoms with Crippen LogP contribution in [0.1, 0.15) is 19.4 Å². The molecule has 1 rings (SSSR count). The summed E-state index contributed by atoms with van der Waals surface area (Å²) in [6.07, 6.45) is 0. The molecule has 0 aliphatic heterocycles. The SMILES string of the molecule is COc1ccc(NC(=O)C(C)(C)C(=O)O)cc1C. The number of ether oxygens (including phenoxy) is 1. The van der Waals surface area contributed by atoms with Crippen molar-refractivity contribution in [2.24, 2.45) is 5.41 Å². The number of nitrogens with one attached hydrogen (secondary N) is 1. The molecule has 0 atom stereocenters. The molecule has 0 unspecified atom stereocenters. The fraction of sp³-hybridized carbons (Fsp3) is 0.385. The topological polar surface area (TPSA) is 75.6 Å². The van der Waals surface area contributed by atoms with Crippen molar-refractivity contribution in [1.29, 1.82) is 0 Å². The molecule has 5 nitrogen and oxygen atoms in total. The maximum Gasteiger partial charge on any atom is 0.318 e. The third-order valence-electron chi connectivity index (χ3n) is 2.76. The summed E-state index contributed by atoms with van der Waals surface area (Å²) in [5.74, 6) is -1.00. The van der Waals surface area contributed by atoms with Gasteiger partial charge in [0.05, 0.1) is 7.11 Å². The normalized spacial score (nSPS) is 10.9. The second kappa shape index (κ2) is 5.08. The van der Waals surface area contributed by atoms with Crippen LogP contribution in [0, 0.1) is 12.3 Å². The van der Waals surface area contributed by atoms with Crippen molar-refractivity contribution in [2.45, 2.75) is 20.8 Å². The van der Waals surface area contributed by atoms with E-state index in [2.05, 4.69) is 5.32 Å². The molecule has 1 aromatic carbocycles. The Morgan fingerprint density at radius 3 is 2.39 bits per heavy atom. The Balaban J connectivity index is 2.89. The van der Waals surface area contributed by atoms with Crippen molar-refractivity contribution in [3.63, 3.8) is 0 Å². The predicted molar refractivity (Wildman–Crippen MR) is 67.8 cm³/mol. The van der Waals surface area contributed by atoms with Gasteiger partial charge in [-0.05, 0) is 44.5 Å². The maximum absolute atomic E-state index is 11.8. The molecule has 5 heteroatoms. The molecule has 0 heterocycles. The zero-order chi connectivity index (χ0) is 13.9. The maximum atomic E-state index is 11.8. The van der Waals surface area contributed by atoms with E-state index >= 15 is 0 Å². The van der Waals surface area contributed by atoms with Crippen LogP contribution in [0.5, 0.6) is 5.75 Å². The largest absolute Gasteiger partial charge is 0.496 e. The highest BCUT2D eigenvalue weighted by Gasteiger charge is 2.36. The molecular weight excluding hydrogens is 234 g/mol. The molecule has 2 N–H and O–H groups in total. The van der Waals surface area contributed by atoms with Crippen molar-refractivity contribution in [2.75, 3.05) is 12.4 Å². The van der Waals surface area contributed by atoms with Crippen LogP contribution in [-0.4, -0.2) is 24.1 Å². The molecule has 0 saturated heterocycles. The summed E-state index contributed by atoms with van der Waals surface area (Å²) >= 11 is 0. The molecule has 0 aromatic heterocycles. The number of carboxylic acid groups (broad SMARTS) is 1. The first-order chi connectivity index (χ1) is 8.28. The van der Waals surface area contributed by atoms with Gasteiger partial charge in [-0.25, -0.2) is 0 Å². The Hall–Kier alpha value is -2.04. The van der Waals surface area contributed by atoms with Crippen LogP contribution in [0.25, 0.3) is 0 Å². The summed E-state index contributed by atoms with van der Waals surface area (Å²) in [5, 5.41) is 11.5. The van der Waals surface area contributed by atoms with Crippen LogP contribution in [-0.2, 0) is 9.59 Å². The third kappa shape index (κ3) is 2.80. The first-order valence-corrected chi connectivity index (χ1v) is 5.48. The predicted octanol–water partition coefficient (Wildman–Crippen LogP) is 2.05. The number of hydrogen-bond acceptors (Lipinski definition) is 3. The van der Waals surface area contributed by atoms with Crippen LogP contribution >= 0.6 is 0 Å². The van der Waals surface area contributed by atoms with Crippen molar-refractivity contribution in [3.8, 4) is 5.75 Å². The van der Waals surface area contributed by atoms with Gasteiger partial charge in [-0.1, -0.05) is 0 Å². The number of carboxylic acids is 1. The fourth-order valence-electron chi connectivity index (χ4n) is 1.34. The van der Waals surface area contributed by atoms with E-state index in [4.69, 9.17) is 9.84 Å². The minimum absolute atomic E-state index is 0.549. The number of hydrogen-bond donors (Lipinski definition) is 2. The lowest BCUT2D eigenvalue weighted by atomic mass is 9.92. The van der Waals surface area contributed by atoms with Crippen LogP contribution in [0.15, 0.2) is 18.2 Å². The van der Waals surface area contributed by atoms with Gasteiger partial charge in [0.2, 0.25) is 5.91 Å². The van der Waals surface area contributed by atoms with Gasteiger partial charge in [0, 0.05) is 5.69 Å². The van der Waals surface area contributed by atoms with E-state index in [0.29, 0.717) is 11.4 Å². The first kappa shape index (κ1) is 14.0. The van der Waals surface area contributed by atoms with E-state index < -0.39 is 17.3 Å². The number of rotatable bonds is 4. The minimum Gasteiger partial charge on any atom is -0.496 e. The van der Waals surface area contributed by atoms with Gasteiger partial charge >= 0.3 is 5.97 Å². The minimum atomic E-state index is -1.46. The van der Waals surface area contributed by atoms with E-state index in [1.807, 2.05) is 6.92 Å². The monoisotopic (exact) mass is 251 g/mol. The van der Waals surface area contributed by atoms with Gasteiger partial charge in [0.15, 0.2) is 0 Å². The summed E-state index contributed by atoms with van der Waals surface area (Å²) in [6, 6.07) is 5.12. The highest BCUT2D eigenvalue weighted by molar-refractivity contribution is 6.07. The number of carbonyl (C=O) groups excluding carboxylic acids is 1. The first-order valence-electron chi connectivity index (χ1n) is 5.48. The molecule has 0 fully saturated rings. The smallest absolute Gasteiger partial charge is 0.318 e. The standard InChI is InChI=1S/C13H17NO4/c1-8-7-9(5-6-10(8)18-4)14-11(15)13(2,3)12(16)17/h5-7H,1-4H3,(H,14,15)(H,16,17). The molecule has 1 aromatic rings. The molecule has 1 amide bonds. The summed E-state index contributed by atoms with van der Waals surface area (Å²) in [4.78, 5) is 22.8. The molecule has 98 valence electrons. The highest BCUT2D eigenvalue weighted by atomic mass is 16.5. The average molecular weight is 251 g/mol. The Morgan fingerprint density at radius 1 is 1.33 bits per heavy atom. The lowest BCUT2D eigenvalue weighted by molar-refractivity contribution is -0.151. The zero-order valence-electron chi connectivity index (χ0n) is 10.9.